The zero-order valence-electron chi connectivity index (χ0n) is 14.8. The highest BCUT2D eigenvalue weighted by Gasteiger charge is 2.02. The topological polar surface area (TPSA) is 54.2 Å². The first-order chi connectivity index (χ1) is 12.3. The van der Waals surface area contributed by atoms with E-state index in [4.69, 9.17) is 0 Å². The van der Waals surface area contributed by atoms with Crippen LogP contribution in [0.1, 0.15) is 17.1 Å². The number of aliphatic imine (C=N–C) groups is 1. The summed E-state index contributed by atoms with van der Waals surface area (Å²) in [5.41, 5.74) is 2.44. The molecule has 1 aromatic carbocycles. The maximum atomic E-state index is 4.48. The molecule has 25 heavy (non-hydrogen) atoms. The van der Waals surface area contributed by atoms with E-state index in [1.165, 1.54) is 10.9 Å². The van der Waals surface area contributed by atoms with Gasteiger partial charge in [-0.05, 0) is 30.9 Å². The fraction of sp³-hybridized carbons (Fsp3) is 0.368. The van der Waals surface area contributed by atoms with E-state index < -0.39 is 0 Å². The quantitative estimate of drug-likeness (QED) is 0.389. The van der Waals surface area contributed by atoms with Crippen molar-refractivity contribution in [1.29, 1.82) is 0 Å². The third-order valence-electron chi connectivity index (χ3n) is 4.11. The first-order valence-electron chi connectivity index (χ1n) is 8.65. The summed E-state index contributed by atoms with van der Waals surface area (Å²) in [6.07, 6.45) is 4.12. The minimum Gasteiger partial charge on any atom is -0.356 e. The van der Waals surface area contributed by atoms with Gasteiger partial charge in [0.15, 0.2) is 5.96 Å². The number of hydrogen-bond donors (Lipinski definition) is 2. The summed E-state index contributed by atoms with van der Waals surface area (Å²) in [6.45, 7) is 4.76. The highest BCUT2D eigenvalue weighted by molar-refractivity contribution is 7.09. The van der Waals surface area contributed by atoms with E-state index in [0.29, 0.717) is 0 Å². The number of para-hydroxylation sites is 1. The van der Waals surface area contributed by atoms with Crippen molar-refractivity contribution in [3.63, 3.8) is 0 Å². The normalized spacial score (nSPS) is 11.8. The number of aromatic nitrogens is 2. The second-order valence-corrected chi connectivity index (χ2v) is 7.02. The van der Waals surface area contributed by atoms with Crippen LogP contribution < -0.4 is 10.6 Å². The van der Waals surface area contributed by atoms with Crippen LogP contribution in [0.3, 0.4) is 0 Å². The van der Waals surface area contributed by atoms with Crippen molar-refractivity contribution in [3.8, 4) is 0 Å². The number of hydrogen-bond acceptors (Lipinski definition) is 3. The van der Waals surface area contributed by atoms with Crippen LogP contribution in [0.4, 0.5) is 0 Å². The minimum atomic E-state index is 0.838. The zero-order chi connectivity index (χ0) is 17.5. The molecule has 3 aromatic rings. The van der Waals surface area contributed by atoms with Gasteiger partial charge in [-0.1, -0.05) is 18.2 Å². The third kappa shape index (κ3) is 4.82. The Morgan fingerprint density at radius 2 is 2.04 bits per heavy atom. The number of fused-ring (bicyclic) bond motifs is 1. The van der Waals surface area contributed by atoms with Gasteiger partial charge >= 0.3 is 0 Å². The molecule has 0 radical (unpaired) electrons. The molecule has 0 bridgehead atoms. The summed E-state index contributed by atoms with van der Waals surface area (Å²) in [5, 5.41) is 11.3. The van der Waals surface area contributed by atoms with Crippen molar-refractivity contribution in [2.45, 2.75) is 26.3 Å². The molecule has 132 valence electrons. The fourth-order valence-corrected chi connectivity index (χ4v) is 3.49. The molecule has 0 spiro atoms. The lowest BCUT2D eigenvalue weighted by Gasteiger charge is -2.12. The number of nitrogens with one attached hydrogen (secondary N) is 2. The summed E-state index contributed by atoms with van der Waals surface area (Å²) in [4.78, 5) is 8.76. The summed E-state index contributed by atoms with van der Waals surface area (Å²) in [7, 11) is 1.81. The number of thiazole rings is 1. The molecule has 3 rings (SSSR count). The molecule has 2 aromatic heterocycles. The van der Waals surface area contributed by atoms with Gasteiger partial charge in [-0.2, -0.15) is 0 Å². The molecular formula is C19H25N5S. The molecule has 0 aliphatic heterocycles. The van der Waals surface area contributed by atoms with Crippen LogP contribution in [0.2, 0.25) is 0 Å². The van der Waals surface area contributed by atoms with Gasteiger partial charge in [0.2, 0.25) is 0 Å². The molecule has 0 unspecified atom stereocenters. The predicted molar refractivity (Wildman–Crippen MR) is 106 cm³/mol. The lowest BCUT2D eigenvalue weighted by atomic mass is 10.2. The van der Waals surface area contributed by atoms with Crippen LogP contribution in [-0.4, -0.2) is 35.6 Å². The summed E-state index contributed by atoms with van der Waals surface area (Å²) in [5.74, 6) is 0.851. The summed E-state index contributed by atoms with van der Waals surface area (Å²) in [6, 6.07) is 10.7. The van der Waals surface area contributed by atoms with Crippen molar-refractivity contribution in [2.24, 2.45) is 4.99 Å². The van der Waals surface area contributed by atoms with Gasteiger partial charge in [-0.3, -0.25) is 4.99 Å². The maximum absolute atomic E-state index is 4.48. The number of rotatable bonds is 7. The molecule has 0 aliphatic carbocycles. The smallest absolute Gasteiger partial charge is 0.190 e. The third-order valence-corrected chi connectivity index (χ3v) is 4.93. The molecule has 0 aliphatic rings. The average Bonchev–Trinajstić information content (AvgIpc) is 3.23. The van der Waals surface area contributed by atoms with E-state index >= 15 is 0 Å². The second-order valence-electron chi connectivity index (χ2n) is 5.96. The lowest BCUT2D eigenvalue weighted by molar-refractivity contribution is 0.640. The van der Waals surface area contributed by atoms with E-state index in [0.717, 1.165) is 49.1 Å². The van der Waals surface area contributed by atoms with E-state index in [2.05, 4.69) is 67.1 Å². The van der Waals surface area contributed by atoms with Gasteiger partial charge < -0.3 is 15.2 Å². The van der Waals surface area contributed by atoms with E-state index in [-0.39, 0.29) is 0 Å². The molecule has 0 fully saturated rings. The van der Waals surface area contributed by atoms with Crippen molar-refractivity contribution >= 4 is 28.2 Å². The van der Waals surface area contributed by atoms with E-state index in [9.17, 15) is 0 Å². The Hall–Kier alpha value is -2.34. The van der Waals surface area contributed by atoms with Crippen molar-refractivity contribution in [1.82, 2.24) is 20.2 Å². The van der Waals surface area contributed by atoms with E-state index in [1.807, 2.05) is 14.0 Å². The maximum Gasteiger partial charge on any atom is 0.190 e. The SMILES string of the molecule is CN=C(NCCCn1ccc2ccccc21)NCCc1csc(C)n1. The Bertz CT molecular complexity index is 833. The van der Waals surface area contributed by atoms with Crippen molar-refractivity contribution in [3.05, 3.63) is 52.6 Å². The van der Waals surface area contributed by atoms with Crippen LogP contribution in [0.5, 0.6) is 0 Å². The van der Waals surface area contributed by atoms with Gasteiger partial charge in [-0.25, -0.2) is 4.98 Å². The van der Waals surface area contributed by atoms with Gasteiger partial charge in [0.25, 0.3) is 0 Å². The summed E-state index contributed by atoms with van der Waals surface area (Å²) >= 11 is 1.70. The monoisotopic (exact) mass is 355 g/mol. The van der Waals surface area contributed by atoms with Crippen LogP contribution in [0.25, 0.3) is 10.9 Å². The molecule has 0 saturated carbocycles. The lowest BCUT2D eigenvalue weighted by Crippen LogP contribution is -2.39. The van der Waals surface area contributed by atoms with Gasteiger partial charge in [0.1, 0.15) is 0 Å². The average molecular weight is 356 g/mol. The second kappa shape index (κ2) is 8.67. The van der Waals surface area contributed by atoms with E-state index in [1.54, 1.807) is 11.3 Å². The molecule has 2 N–H and O–H groups in total. The Labute approximate surface area is 152 Å². The minimum absolute atomic E-state index is 0.838. The first kappa shape index (κ1) is 17.5. The van der Waals surface area contributed by atoms with Crippen molar-refractivity contribution in [2.75, 3.05) is 20.1 Å². The van der Waals surface area contributed by atoms with Crippen LogP contribution in [0, 0.1) is 6.92 Å². The molecule has 0 saturated heterocycles. The molecule has 6 heteroatoms. The number of aryl methyl sites for hydroxylation is 2. The zero-order valence-corrected chi connectivity index (χ0v) is 15.6. The van der Waals surface area contributed by atoms with Gasteiger partial charge in [0, 0.05) is 50.2 Å². The van der Waals surface area contributed by atoms with Crippen molar-refractivity contribution < 1.29 is 0 Å². The Kier molecular flexibility index (Phi) is 6.06. The highest BCUT2D eigenvalue weighted by Crippen LogP contribution is 2.15. The Morgan fingerprint density at radius 1 is 1.20 bits per heavy atom. The van der Waals surface area contributed by atoms with Gasteiger partial charge in [0.05, 0.1) is 10.7 Å². The molecule has 2 heterocycles. The molecular weight excluding hydrogens is 330 g/mol. The fourth-order valence-electron chi connectivity index (χ4n) is 2.84. The number of benzene rings is 1. The standard InChI is InChI=1S/C19H25N5S/c1-15-23-17(14-25-15)8-11-22-19(20-2)21-10-5-12-24-13-9-16-6-3-4-7-18(16)24/h3-4,6-7,9,13-14H,5,8,10-12H2,1-2H3,(H2,20,21,22). The largest absolute Gasteiger partial charge is 0.356 e. The Morgan fingerprint density at radius 3 is 2.84 bits per heavy atom. The molecule has 0 atom stereocenters. The van der Waals surface area contributed by atoms with Crippen LogP contribution >= 0.6 is 11.3 Å². The highest BCUT2D eigenvalue weighted by atomic mass is 32.1. The number of guanidine groups is 1. The van der Waals surface area contributed by atoms with Crippen LogP contribution in [-0.2, 0) is 13.0 Å². The van der Waals surface area contributed by atoms with Gasteiger partial charge in [-0.15, -0.1) is 11.3 Å². The molecule has 0 amide bonds. The predicted octanol–water partition coefficient (Wildman–Crippen LogP) is 3.20. The first-order valence-corrected chi connectivity index (χ1v) is 9.53. The molecule has 5 nitrogen and oxygen atoms in total. The number of nitrogens with zero attached hydrogens (tertiary/aromatic N) is 3. The summed E-state index contributed by atoms with van der Waals surface area (Å²) < 4.78 is 2.30. The van der Waals surface area contributed by atoms with Crippen LogP contribution in [0.15, 0.2) is 46.9 Å². The Balaban J connectivity index is 1.38.